The highest BCUT2D eigenvalue weighted by Crippen LogP contribution is 2.17. The third-order valence-electron chi connectivity index (χ3n) is 3.45. The lowest BCUT2D eigenvalue weighted by atomic mass is 10.2. The number of carbonyl (C=O) groups is 1. The number of unbranched alkanes of at least 4 members (excludes halogenated alkanes) is 1. The van der Waals surface area contributed by atoms with Gasteiger partial charge in [0.1, 0.15) is 5.82 Å². The van der Waals surface area contributed by atoms with E-state index in [-0.39, 0.29) is 11.2 Å². The first-order chi connectivity index (χ1) is 11.1. The van der Waals surface area contributed by atoms with Crippen LogP contribution in [0.3, 0.4) is 0 Å². The molecule has 0 aliphatic carbocycles. The van der Waals surface area contributed by atoms with E-state index in [0.717, 1.165) is 24.2 Å². The van der Waals surface area contributed by atoms with Crippen LogP contribution in [0.4, 0.5) is 5.82 Å². The molecule has 0 saturated carbocycles. The van der Waals surface area contributed by atoms with Crippen LogP contribution in [-0.4, -0.2) is 26.7 Å². The molecule has 0 fully saturated rings. The fraction of sp³-hybridized carbons (Fsp3) is 0.412. The van der Waals surface area contributed by atoms with Gasteiger partial charge in [-0.15, -0.1) is 11.8 Å². The molecule has 1 atom stereocenters. The quantitative estimate of drug-likeness (QED) is 0.715. The summed E-state index contributed by atoms with van der Waals surface area (Å²) in [5.74, 6) is 1.74. The maximum atomic E-state index is 12.3. The number of rotatable bonds is 8. The lowest BCUT2D eigenvalue weighted by molar-refractivity contribution is -0.115. The van der Waals surface area contributed by atoms with Gasteiger partial charge in [-0.05, 0) is 36.8 Å². The molecule has 1 unspecified atom stereocenters. The molecule has 2 rings (SSSR count). The molecular formula is C17H22ClN3OS. The number of anilines is 1. The molecule has 1 heterocycles. The first-order valence-corrected chi connectivity index (χ1v) is 9.21. The van der Waals surface area contributed by atoms with Crippen molar-refractivity contribution in [2.75, 3.05) is 11.1 Å². The number of nitrogens with one attached hydrogen (secondary N) is 1. The second-order valence-electron chi connectivity index (χ2n) is 5.36. The zero-order chi connectivity index (χ0) is 16.7. The summed E-state index contributed by atoms with van der Waals surface area (Å²) in [6.07, 6.45) is 3.98. The summed E-state index contributed by atoms with van der Waals surface area (Å²) in [6, 6.07) is 9.44. The normalized spacial score (nSPS) is 12.1. The molecule has 124 valence electrons. The average molecular weight is 352 g/mol. The van der Waals surface area contributed by atoms with Crippen molar-refractivity contribution in [2.24, 2.45) is 0 Å². The largest absolute Gasteiger partial charge is 0.310 e. The van der Waals surface area contributed by atoms with Crippen LogP contribution >= 0.6 is 23.4 Å². The van der Waals surface area contributed by atoms with Gasteiger partial charge in [0.25, 0.3) is 0 Å². The van der Waals surface area contributed by atoms with Gasteiger partial charge in [0.05, 0.1) is 18.0 Å². The van der Waals surface area contributed by atoms with E-state index in [1.807, 2.05) is 37.3 Å². The van der Waals surface area contributed by atoms with Crippen LogP contribution in [0.2, 0.25) is 5.02 Å². The summed E-state index contributed by atoms with van der Waals surface area (Å²) in [6.45, 7) is 4.69. The van der Waals surface area contributed by atoms with Gasteiger partial charge in [-0.3, -0.25) is 4.79 Å². The first-order valence-electron chi connectivity index (χ1n) is 7.79. The molecule has 2 aromatic rings. The molecule has 0 bridgehead atoms. The third kappa shape index (κ3) is 5.59. The topological polar surface area (TPSA) is 46.9 Å². The summed E-state index contributed by atoms with van der Waals surface area (Å²) < 4.78 is 1.78. The van der Waals surface area contributed by atoms with Gasteiger partial charge in [-0.25, -0.2) is 4.68 Å². The van der Waals surface area contributed by atoms with Crippen LogP contribution in [-0.2, 0) is 11.3 Å². The van der Waals surface area contributed by atoms with Gasteiger partial charge in [0, 0.05) is 11.1 Å². The van der Waals surface area contributed by atoms with E-state index in [2.05, 4.69) is 17.3 Å². The van der Waals surface area contributed by atoms with Gasteiger partial charge >= 0.3 is 0 Å². The molecule has 23 heavy (non-hydrogen) atoms. The highest BCUT2D eigenvalue weighted by atomic mass is 35.5. The first kappa shape index (κ1) is 17.9. The molecule has 0 aliphatic rings. The number of hydrogen-bond donors (Lipinski definition) is 1. The van der Waals surface area contributed by atoms with Crippen LogP contribution < -0.4 is 5.32 Å². The van der Waals surface area contributed by atoms with E-state index in [1.165, 1.54) is 0 Å². The van der Waals surface area contributed by atoms with E-state index >= 15 is 0 Å². The number of nitrogens with zero attached hydrogens (tertiary/aromatic N) is 2. The maximum absolute atomic E-state index is 12.3. The van der Waals surface area contributed by atoms with E-state index in [0.29, 0.717) is 17.4 Å². The number of amides is 1. The number of carbonyl (C=O) groups excluding carboxylic acids is 1. The summed E-state index contributed by atoms with van der Waals surface area (Å²) in [5, 5.41) is 7.89. The fourth-order valence-corrected chi connectivity index (χ4v) is 3.18. The van der Waals surface area contributed by atoms with E-state index in [1.54, 1.807) is 22.6 Å². The Labute approximate surface area is 146 Å². The number of aromatic nitrogens is 2. The third-order valence-corrected chi connectivity index (χ3v) is 4.94. The van der Waals surface area contributed by atoms with Crippen LogP contribution in [0, 0.1) is 0 Å². The molecule has 1 aromatic heterocycles. The van der Waals surface area contributed by atoms with Crippen molar-refractivity contribution in [3.05, 3.63) is 47.1 Å². The Morgan fingerprint density at radius 3 is 2.78 bits per heavy atom. The lowest BCUT2D eigenvalue weighted by Crippen LogP contribution is -2.24. The Kier molecular flexibility index (Phi) is 6.99. The maximum Gasteiger partial charge on any atom is 0.238 e. The molecule has 0 radical (unpaired) electrons. The second-order valence-corrected chi connectivity index (χ2v) is 7.24. The van der Waals surface area contributed by atoms with Gasteiger partial charge in [-0.1, -0.05) is 37.1 Å². The van der Waals surface area contributed by atoms with Crippen molar-refractivity contribution in [2.45, 2.75) is 38.5 Å². The number of benzene rings is 1. The summed E-state index contributed by atoms with van der Waals surface area (Å²) in [4.78, 5) is 12.3. The van der Waals surface area contributed by atoms with Crippen LogP contribution in [0.5, 0.6) is 0 Å². The minimum atomic E-state index is -0.0690. The van der Waals surface area contributed by atoms with Crippen molar-refractivity contribution in [3.8, 4) is 0 Å². The Hall–Kier alpha value is -1.46. The highest BCUT2D eigenvalue weighted by Gasteiger charge is 2.15. The van der Waals surface area contributed by atoms with Gasteiger partial charge in [-0.2, -0.15) is 5.10 Å². The van der Waals surface area contributed by atoms with Gasteiger partial charge in [0.2, 0.25) is 5.91 Å². The molecule has 6 heteroatoms. The Morgan fingerprint density at radius 2 is 2.09 bits per heavy atom. The molecule has 1 amide bonds. The van der Waals surface area contributed by atoms with Crippen molar-refractivity contribution < 1.29 is 4.79 Å². The number of halogens is 1. The van der Waals surface area contributed by atoms with Gasteiger partial charge in [0.15, 0.2) is 0 Å². The van der Waals surface area contributed by atoms with Crippen molar-refractivity contribution in [1.82, 2.24) is 9.78 Å². The minimum absolute atomic E-state index is 0.0176. The van der Waals surface area contributed by atoms with Crippen LogP contribution in [0.25, 0.3) is 0 Å². The fourth-order valence-electron chi connectivity index (χ4n) is 2.04. The van der Waals surface area contributed by atoms with E-state index in [9.17, 15) is 4.79 Å². The predicted molar refractivity (Wildman–Crippen MR) is 98.2 cm³/mol. The molecular weight excluding hydrogens is 330 g/mol. The summed E-state index contributed by atoms with van der Waals surface area (Å²) in [5.41, 5.74) is 1.08. The van der Waals surface area contributed by atoms with E-state index in [4.69, 9.17) is 11.6 Å². The minimum Gasteiger partial charge on any atom is -0.310 e. The summed E-state index contributed by atoms with van der Waals surface area (Å²) in [7, 11) is 0. The van der Waals surface area contributed by atoms with Crippen molar-refractivity contribution in [3.63, 3.8) is 0 Å². The smallest absolute Gasteiger partial charge is 0.238 e. The highest BCUT2D eigenvalue weighted by molar-refractivity contribution is 8.00. The Bertz CT molecular complexity index is 627. The standard InChI is InChI=1S/C17H22ClN3OS/c1-3-4-11-23-13(2)17(22)20-16-9-10-19-21(16)12-14-5-7-15(18)8-6-14/h5-10,13H,3-4,11-12H2,1-2H3,(H,20,22). The number of hydrogen-bond acceptors (Lipinski definition) is 3. The average Bonchev–Trinajstić information content (AvgIpc) is 2.96. The van der Waals surface area contributed by atoms with Gasteiger partial charge < -0.3 is 5.32 Å². The molecule has 4 nitrogen and oxygen atoms in total. The second kappa shape index (κ2) is 8.99. The Balaban J connectivity index is 1.95. The monoisotopic (exact) mass is 351 g/mol. The zero-order valence-electron chi connectivity index (χ0n) is 13.5. The Morgan fingerprint density at radius 1 is 1.35 bits per heavy atom. The zero-order valence-corrected chi connectivity index (χ0v) is 15.0. The van der Waals surface area contributed by atoms with E-state index < -0.39 is 0 Å². The lowest BCUT2D eigenvalue weighted by Gasteiger charge is -2.13. The van der Waals surface area contributed by atoms with Crippen molar-refractivity contribution in [1.29, 1.82) is 0 Å². The predicted octanol–water partition coefficient (Wildman–Crippen LogP) is 4.45. The van der Waals surface area contributed by atoms with Crippen molar-refractivity contribution >= 4 is 35.1 Å². The molecule has 1 N–H and O–H groups in total. The molecule has 0 saturated heterocycles. The SMILES string of the molecule is CCCCSC(C)C(=O)Nc1ccnn1Cc1ccc(Cl)cc1. The number of thioether (sulfide) groups is 1. The molecule has 0 spiro atoms. The molecule has 0 aliphatic heterocycles. The summed E-state index contributed by atoms with van der Waals surface area (Å²) >= 11 is 7.58. The van der Waals surface area contributed by atoms with Crippen LogP contribution in [0.1, 0.15) is 32.3 Å². The van der Waals surface area contributed by atoms with Crippen LogP contribution in [0.15, 0.2) is 36.5 Å². The molecule has 1 aromatic carbocycles.